The maximum absolute atomic E-state index is 11.8. The molecular formula is C12H20N2O5. The lowest BCUT2D eigenvalue weighted by molar-refractivity contribution is -0.150. The molecule has 7 heteroatoms. The van der Waals surface area contributed by atoms with Crippen molar-refractivity contribution in [3.8, 4) is 0 Å². The van der Waals surface area contributed by atoms with Gasteiger partial charge in [0.25, 0.3) is 0 Å². The molecule has 108 valence electrons. The molecule has 0 aromatic heterocycles. The van der Waals surface area contributed by atoms with Crippen molar-refractivity contribution in [1.29, 1.82) is 0 Å². The minimum Gasteiger partial charge on any atom is -0.481 e. The molecule has 7 nitrogen and oxygen atoms in total. The molecule has 2 N–H and O–H groups in total. The Morgan fingerprint density at radius 2 is 1.89 bits per heavy atom. The zero-order valence-electron chi connectivity index (χ0n) is 11.3. The Labute approximate surface area is 111 Å². The lowest BCUT2D eigenvalue weighted by Crippen LogP contribution is -2.49. The second-order valence-electron chi connectivity index (χ2n) is 4.91. The van der Waals surface area contributed by atoms with Gasteiger partial charge in [-0.05, 0) is 19.8 Å². The Morgan fingerprint density at radius 3 is 2.37 bits per heavy atom. The number of methoxy groups -OCH3 is 1. The molecule has 0 aliphatic carbocycles. The first-order valence-corrected chi connectivity index (χ1v) is 6.22. The molecule has 0 saturated carbocycles. The van der Waals surface area contributed by atoms with Gasteiger partial charge in [-0.2, -0.15) is 0 Å². The molecule has 0 aromatic rings. The molecule has 0 atom stereocenters. The van der Waals surface area contributed by atoms with Crippen molar-refractivity contribution in [3.63, 3.8) is 0 Å². The van der Waals surface area contributed by atoms with E-state index >= 15 is 0 Å². The molecule has 0 unspecified atom stereocenters. The van der Waals surface area contributed by atoms with Crippen LogP contribution in [0, 0.1) is 5.41 Å². The molecule has 0 aromatic carbocycles. The van der Waals surface area contributed by atoms with Crippen LogP contribution in [0.1, 0.15) is 26.2 Å². The highest BCUT2D eigenvalue weighted by atomic mass is 16.5. The fourth-order valence-corrected chi connectivity index (χ4v) is 1.90. The number of urea groups is 1. The number of nitrogens with one attached hydrogen (secondary N) is 1. The first-order chi connectivity index (χ1) is 8.89. The molecular weight excluding hydrogens is 252 g/mol. The van der Waals surface area contributed by atoms with Crippen molar-refractivity contribution >= 4 is 18.0 Å². The van der Waals surface area contributed by atoms with E-state index in [2.05, 4.69) is 10.1 Å². The molecule has 1 aliphatic rings. The molecule has 0 bridgehead atoms. The van der Waals surface area contributed by atoms with Crippen molar-refractivity contribution in [2.24, 2.45) is 5.41 Å². The van der Waals surface area contributed by atoms with Crippen LogP contribution in [0.2, 0.25) is 0 Å². The van der Waals surface area contributed by atoms with Crippen LogP contribution in [0.5, 0.6) is 0 Å². The molecule has 2 amide bonds. The van der Waals surface area contributed by atoms with Crippen LogP contribution >= 0.6 is 0 Å². The predicted molar refractivity (Wildman–Crippen MR) is 66.6 cm³/mol. The van der Waals surface area contributed by atoms with Crippen LogP contribution in [-0.2, 0) is 14.3 Å². The first-order valence-electron chi connectivity index (χ1n) is 6.22. The number of aliphatic carboxylic acids is 1. The van der Waals surface area contributed by atoms with Crippen LogP contribution in [0.3, 0.4) is 0 Å². The van der Waals surface area contributed by atoms with E-state index < -0.39 is 11.4 Å². The number of hydrogen-bond donors (Lipinski definition) is 2. The molecule has 1 rings (SSSR count). The van der Waals surface area contributed by atoms with Gasteiger partial charge in [-0.15, -0.1) is 0 Å². The summed E-state index contributed by atoms with van der Waals surface area (Å²) in [7, 11) is 1.29. The highest BCUT2D eigenvalue weighted by Gasteiger charge is 2.37. The maximum Gasteiger partial charge on any atom is 0.317 e. The quantitative estimate of drug-likeness (QED) is 0.724. The van der Waals surface area contributed by atoms with Crippen molar-refractivity contribution in [1.82, 2.24) is 10.2 Å². The number of carbonyl (C=O) groups is 3. The van der Waals surface area contributed by atoms with E-state index in [9.17, 15) is 14.4 Å². The molecule has 1 saturated heterocycles. The van der Waals surface area contributed by atoms with Crippen molar-refractivity contribution < 1.29 is 24.2 Å². The lowest BCUT2D eigenvalue weighted by atomic mass is 9.80. The first kappa shape index (κ1) is 15.3. The van der Waals surface area contributed by atoms with Gasteiger partial charge in [0.15, 0.2) is 0 Å². The number of hydrogen-bond acceptors (Lipinski definition) is 4. The monoisotopic (exact) mass is 272 g/mol. The fraction of sp³-hybridized carbons (Fsp3) is 0.750. The van der Waals surface area contributed by atoms with Gasteiger partial charge >= 0.3 is 18.0 Å². The Morgan fingerprint density at radius 1 is 1.32 bits per heavy atom. The average molecular weight is 272 g/mol. The number of esters is 1. The number of ether oxygens (including phenoxy) is 1. The van der Waals surface area contributed by atoms with Crippen LogP contribution in [0.25, 0.3) is 0 Å². The topological polar surface area (TPSA) is 95.9 Å². The van der Waals surface area contributed by atoms with Crippen LogP contribution in [-0.4, -0.2) is 54.7 Å². The van der Waals surface area contributed by atoms with Gasteiger partial charge in [0.1, 0.15) is 0 Å². The summed E-state index contributed by atoms with van der Waals surface area (Å²) in [5, 5.41) is 11.7. The van der Waals surface area contributed by atoms with Gasteiger partial charge in [0.05, 0.1) is 18.9 Å². The summed E-state index contributed by atoms with van der Waals surface area (Å²) in [6.07, 6.45) is 1.00. The number of likely N-dealkylation sites (tertiary alicyclic amines) is 1. The summed E-state index contributed by atoms with van der Waals surface area (Å²) in [5.41, 5.74) is -0.747. The molecule has 1 heterocycles. The van der Waals surface area contributed by atoms with Crippen LogP contribution < -0.4 is 5.32 Å². The van der Waals surface area contributed by atoms with Gasteiger partial charge in [0.2, 0.25) is 0 Å². The summed E-state index contributed by atoms with van der Waals surface area (Å²) in [4.78, 5) is 35.3. The third kappa shape index (κ3) is 4.11. The Balaban J connectivity index is 2.33. The summed E-state index contributed by atoms with van der Waals surface area (Å²) in [6.45, 7) is 2.74. The van der Waals surface area contributed by atoms with E-state index in [1.165, 1.54) is 7.11 Å². The van der Waals surface area contributed by atoms with Crippen molar-refractivity contribution in [3.05, 3.63) is 0 Å². The van der Waals surface area contributed by atoms with Crippen molar-refractivity contribution in [2.45, 2.75) is 26.2 Å². The van der Waals surface area contributed by atoms with Crippen LogP contribution in [0.15, 0.2) is 0 Å². The molecule has 0 spiro atoms. The molecule has 19 heavy (non-hydrogen) atoms. The average Bonchev–Trinajstić information content (AvgIpc) is 2.39. The predicted octanol–water partition coefficient (Wildman–Crippen LogP) is 0.446. The molecule has 0 radical (unpaired) electrons. The summed E-state index contributed by atoms with van der Waals surface area (Å²) >= 11 is 0. The van der Waals surface area contributed by atoms with Crippen molar-refractivity contribution in [2.75, 3.05) is 26.7 Å². The second kappa shape index (κ2) is 6.40. The fourth-order valence-electron chi connectivity index (χ4n) is 1.90. The van der Waals surface area contributed by atoms with Gasteiger partial charge in [0, 0.05) is 19.6 Å². The Hall–Kier alpha value is -1.79. The maximum atomic E-state index is 11.8. The van der Waals surface area contributed by atoms with E-state index in [-0.39, 0.29) is 25.0 Å². The molecule has 1 aliphatic heterocycles. The minimum absolute atomic E-state index is 0.128. The SMILES string of the molecule is COC(=O)CCNC(=O)N1CCC(C)(C(=O)O)CC1. The van der Waals surface area contributed by atoms with E-state index in [1.54, 1.807) is 11.8 Å². The lowest BCUT2D eigenvalue weighted by Gasteiger charge is -2.36. The van der Waals surface area contributed by atoms with Gasteiger partial charge < -0.3 is 20.1 Å². The third-order valence-corrected chi connectivity index (χ3v) is 3.50. The standard InChI is InChI=1S/C12H20N2O5/c1-12(10(16)17)4-7-14(8-5-12)11(18)13-6-3-9(15)19-2/h3-8H2,1-2H3,(H,13,18)(H,16,17). The number of carboxylic acid groups (broad SMARTS) is 1. The zero-order valence-corrected chi connectivity index (χ0v) is 11.3. The van der Waals surface area contributed by atoms with E-state index in [4.69, 9.17) is 5.11 Å². The van der Waals surface area contributed by atoms with E-state index in [1.807, 2.05) is 0 Å². The zero-order chi connectivity index (χ0) is 14.5. The second-order valence-corrected chi connectivity index (χ2v) is 4.91. The smallest absolute Gasteiger partial charge is 0.317 e. The summed E-state index contributed by atoms with van der Waals surface area (Å²) < 4.78 is 4.46. The number of nitrogens with zero attached hydrogens (tertiary/aromatic N) is 1. The Bertz CT molecular complexity index is 361. The van der Waals surface area contributed by atoms with Crippen LogP contribution in [0.4, 0.5) is 4.79 Å². The highest BCUT2D eigenvalue weighted by molar-refractivity contribution is 5.77. The highest BCUT2D eigenvalue weighted by Crippen LogP contribution is 2.30. The Kier molecular flexibility index (Phi) is 5.14. The number of rotatable bonds is 4. The number of amides is 2. The summed E-state index contributed by atoms with van der Waals surface area (Å²) in [6, 6.07) is -0.267. The van der Waals surface area contributed by atoms with E-state index in [0.29, 0.717) is 25.9 Å². The third-order valence-electron chi connectivity index (χ3n) is 3.50. The van der Waals surface area contributed by atoms with Gasteiger partial charge in [-0.1, -0.05) is 0 Å². The largest absolute Gasteiger partial charge is 0.481 e. The number of carbonyl (C=O) groups excluding carboxylic acids is 2. The minimum atomic E-state index is -0.821. The molecule has 1 fully saturated rings. The number of carboxylic acids is 1. The normalized spacial score (nSPS) is 17.7. The number of piperidine rings is 1. The van der Waals surface area contributed by atoms with Gasteiger partial charge in [-0.25, -0.2) is 4.79 Å². The van der Waals surface area contributed by atoms with Gasteiger partial charge in [-0.3, -0.25) is 9.59 Å². The summed E-state index contributed by atoms with van der Waals surface area (Å²) in [5.74, 6) is -1.20. The van der Waals surface area contributed by atoms with E-state index in [0.717, 1.165) is 0 Å².